The third-order valence-corrected chi connectivity index (χ3v) is 4.34. The van der Waals surface area contributed by atoms with Crippen molar-refractivity contribution in [2.75, 3.05) is 26.1 Å². The van der Waals surface area contributed by atoms with Gasteiger partial charge in [-0.3, -0.25) is 14.9 Å². The van der Waals surface area contributed by atoms with Crippen molar-refractivity contribution < 1.29 is 28.7 Å². The molecule has 0 aromatic heterocycles. The third-order valence-electron chi connectivity index (χ3n) is 3.52. The van der Waals surface area contributed by atoms with Crippen molar-refractivity contribution in [1.82, 2.24) is 0 Å². The highest BCUT2D eigenvalue weighted by molar-refractivity contribution is 6.42. The van der Waals surface area contributed by atoms with E-state index in [0.717, 1.165) is 12.1 Å². The quantitative estimate of drug-likeness (QED) is 0.368. The number of benzene rings is 2. The predicted octanol–water partition coefficient (Wildman–Crippen LogP) is 4.37. The van der Waals surface area contributed by atoms with E-state index in [1.54, 1.807) is 0 Å². The van der Waals surface area contributed by atoms with E-state index in [4.69, 9.17) is 49.0 Å². The molecule has 0 aliphatic carbocycles. The van der Waals surface area contributed by atoms with E-state index in [1.807, 2.05) is 0 Å². The average Bonchev–Trinajstić information content (AvgIpc) is 2.67. The summed E-state index contributed by atoms with van der Waals surface area (Å²) in [5.74, 6) is -1.75. The lowest BCUT2D eigenvalue weighted by Gasteiger charge is -2.12. The fourth-order valence-corrected chi connectivity index (χ4v) is 3.14. The molecule has 12 heteroatoms. The van der Waals surface area contributed by atoms with E-state index in [1.165, 1.54) is 26.4 Å². The molecule has 0 aliphatic heterocycles. The molecule has 1 N–H and O–H groups in total. The molecule has 2 rings (SSSR count). The molecule has 154 valence electrons. The van der Waals surface area contributed by atoms with Crippen molar-refractivity contribution in [2.45, 2.75) is 0 Å². The maximum atomic E-state index is 12.3. The van der Waals surface area contributed by atoms with Gasteiger partial charge >= 0.3 is 5.97 Å². The number of esters is 1. The van der Waals surface area contributed by atoms with E-state index < -0.39 is 34.7 Å². The Morgan fingerprint density at radius 2 is 1.59 bits per heavy atom. The summed E-state index contributed by atoms with van der Waals surface area (Å²) in [6.07, 6.45) is 0. The van der Waals surface area contributed by atoms with Gasteiger partial charge in [-0.15, -0.1) is 0 Å². The van der Waals surface area contributed by atoms with Crippen LogP contribution in [0.5, 0.6) is 11.5 Å². The lowest BCUT2D eigenvalue weighted by molar-refractivity contribution is -0.385. The molecule has 0 saturated heterocycles. The molecule has 0 unspecified atom stereocenters. The maximum Gasteiger partial charge on any atom is 0.345 e. The molecule has 0 bridgehead atoms. The minimum absolute atomic E-state index is 0.0560. The number of ether oxygens (including phenoxy) is 3. The molecule has 0 aliphatic rings. The fourth-order valence-electron chi connectivity index (χ4n) is 2.23. The van der Waals surface area contributed by atoms with Crippen LogP contribution in [0.2, 0.25) is 15.1 Å². The Hall–Kier alpha value is -2.75. The van der Waals surface area contributed by atoms with Crippen molar-refractivity contribution in [2.24, 2.45) is 0 Å². The zero-order chi connectivity index (χ0) is 21.7. The first-order valence-corrected chi connectivity index (χ1v) is 8.83. The zero-order valence-electron chi connectivity index (χ0n) is 15.0. The fraction of sp³-hybridized carbons (Fsp3) is 0.176. The number of carbonyl (C=O) groups excluding carboxylic acids is 2. The highest BCUT2D eigenvalue weighted by Crippen LogP contribution is 2.35. The Morgan fingerprint density at radius 1 is 1.03 bits per heavy atom. The Kier molecular flexibility index (Phi) is 7.49. The lowest BCUT2D eigenvalue weighted by atomic mass is 10.1. The first kappa shape index (κ1) is 22.5. The molecule has 2 aromatic carbocycles. The van der Waals surface area contributed by atoms with Gasteiger partial charge in [0, 0.05) is 11.1 Å². The summed E-state index contributed by atoms with van der Waals surface area (Å²) in [4.78, 5) is 34.8. The van der Waals surface area contributed by atoms with Crippen LogP contribution in [0.15, 0.2) is 24.3 Å². The second-order valence-corrected chi connectivity index (χ2v) is 6.60. The van der Waals surface area contributed by atoms with Crippen LogP contribution in [0.3, 0.4) is 0 Å². The monoisotopic (exact) mass is 462 g/mol. The van der Waals surface area contributed by atoms with Gasteiger partial charge in [-0.25, -0.2) is 4.79 Å². The highest BCUT2D eigenvalue weighted by Gasteiger charge is 2.26. The van der Waals surface area contributed by atoms with E-state index in [9.17, 15) is 19.7 Å². The molecular formula is C17H13Cl3N2O7. The Bertz CT molecular complexity index is 959. The molecule has 2 aromatic rings. The van der Waals surface area contributed by atoms with Crippen molar-refractivity contribution in [1.29, 1.82) is 0 Å². The number of hydrogen-bond donors (Lipinski definition) is 1. The lowest BCUT2D eigenvalue weighted by Crippen LogP contribution is -2.21. The topological polar surface area (TPSA) is 117 Å². The van der Waals surface area contributed by atoms with Gasteiger partial charge in [0.25, 0.3) is 11.6 Å². The van der Waals surface area contributed by atoms with Gasteiger partial charge in [0.1, 0.15) is 5.56 Å². The number of nitrogens with one attached hydrogen (secondary N) is 1. The minimum Gasteiger partial charge on any atom is -0.493 e. The number of anilines is 1. The Labute approximate surface area is 179 Å². The number of amides is 1. The van der Waals surface area contributed by atoms with Crippen LogP contribution >= 0.6 is 34.8 Å². The molecule has 0 atom stereocenters. The summed E-state index contributed by atoms with van der Waals surface area (Å²) in [6, 6.07) is 4.83. The van der Waals surface area contributed by atoms with Crippen LogP contribution in [0.4, 0.5) is 11.4 Å². The molecule has 0 radical (unpaired) electrons. The van der Waals surface area contributed by atoms with Crippen molar-refractivity contribution >= 4 is 58.1 Å². The number of halogens is 3. The summed E-state index contributed by atoms with van der Waals surface area (Å²) in [5, 5.41) is 14.1. The number of nitrogens with zero attached hydrogens (tertiary/aromatic N) is 1. The Balaban J connectivity index is 2.16. The second kappa shape index (κ2) is 9.64. The van der Waals surface area contributed by atoms with Gasteiger partial charge in [-0.05, 0) is 12.1 Å². The molecule has 0 saturated carbocycles. The second-order valence-electron chi connectivity index (χ2n) is 5.35. The number of methoxy groups -OCH3 is 2. The van der Waals surface area contributed by atoms with E-state index >= 15 is 0 Å². The van der Waals surface area contributed by atoms with Gasteiger partial charge in [0.2, 0.25) is 0 Å². The van der Waals surface area contributed by atoms with E-state index in [0.29, 0.717) is 0 Å². The van der Waals surface area contributed by atoms with E-state index in [2.05, 4.69) is 5.32 Å². The number of rotatable bonds is 7. The van der Waals surface area contributed by atoms with Crippen molar-refractivity contribution in [3.05, 3.63) is 55.0 Å². The van der Waals surface area contributed by atoms with Crippen molar-refractivity contribution in [3.8, 4) is 11.5 Å². The van der Waals surface area contributed by atoms with E-state index in [-0.39, 0.29) is 32.3 Å². The molecule has 0 heterocycles. The van der Waals surface area contributed by atoms with Crippen LogP contribution in [0.25, 0.3) is 0 Å². The SMILES string of the molecule is COc1cc(C(=O)OCC(=O)Nc2c(Cl)cc(Cl)cc2Cl)c([N+](=O)[O-])cc1OC. The molecular weight excluding hydrogens is 451 g/mol. The van der Waals surface area contributed by atoms with Crippen LogP contribution in [-0.2, 0) is 9.53 Å². The average molecular weight is 464 g/mol. The summed E-state index contributed by atoms with van der Waals surface area (Å²) >= 11 is 17.7. The molecule has 1 amide bonds. The number of hydrogen-bond acceptors (Lipinski definition) is 7. The van der Waals surface area contributed by atoms with Gasteiger partial charge in [-0.2, -0.15) is 0 Å². The molecule has 0 spiro atoms. The zero-order valence-corrected chi connectivity index (χ0v) is 17.2. The first-order valence-electron chi connectivity index (χ1n) is 7.69. The van der Waals surface area contributed by atoms with Crippen LogP contribution in [-0.4, -0.2) is 37.6 Å². The highest BCUT2D eigenvalue weighted by atomic mass is 35.5. The number of carbonyl (C=O) groups is 2. The molecule has 0 fully saturated rings. The first-order chi connectivity index (χ1) is 13.7. The maximum absolute atomic E-state index is 12.3. The smallest absolute Gasteiger partial charge is 0.345 e. The van der Waals surface area contributed by atoms with Crippen LogP contribution < -0.4 is 14.8 Å². The van der Waals surface area contributed by atoms with Gasteiger partial charge in [0.05, 0.1) is 40.9 Å². The predicted molar refractivity (Wildman–Crippen MR) is 107 cm³/mol. The number of nitro groups is 1. The summed E-state index contributed by atoms with van der Waals surface area (Å²) in [6.45, 7) is -0.750. The summed E-state index contributed by atoms with van der Waals surface area (Å²) < 4.78 is 14.9. The molecule has 29 heavy (non-hydrogen) atoms. The molecule has 9 nitrogen and oxygen atoms in total. The van der Waals surface area contributed by atoms with Gasteiger partial charge in [0.15, 0.2) is 18.1 Å². The standard InChI is InChI=1S/C17H13Cl3N2O7/c1-27-13-5-9(12(22(25)26)6-14(13)28-2)17(24)29-7-15(23)21-16-10(19)3-8(18)4-11(16)20/h3-6H,7H2,1-2H3,(H,21,23). The van der Waals surface area contributed by atoms with Gasteiger partial charge in [-0.1, -0.05) is 34.8 Å². The normalized spacial score (nSPS) is 10.2. The summed E-state index contributed by atoms with van der Waals surface area (Å²) in [5.41, 5.74) is -0.907. The third kappa shape index (κ3) is 5.41. The minimum atomic E-state index is -1.11. The largest absolute Gasteiger partial charge is 0.493 e. The van der Waals surface area contributed by atoms with Crippen LogP contribution in [0.1, 0.15) is 10.4 Å². The number of nitro benzene ring substituents is 1. The van der Waals surface area contributed by atoms with Crippen molar-refractivity contribution in [3.63, 3.8) is 0 Å². The Morgan fingerprint density at radius 3 is 2.10 bits per heavy atom. The van der Waals surface area contributed by atoms with Gasteiger partial charge < -0.3 is 19.5 Å². The van der Waals surface area contributed by atoms with Crippen LogP contribution in [0, 0.1) is 10.1 Å². The summed E-state index contributed by atoms with van der Waals surface area (Å²) in [7, 11) is 2.59.